The van der Waals surface area contributed by atoms with E-state index in [1.807, 2.05) is 37.3 Å². The van der Waals surface area contributed by atoms with Crippen LogP contribution in [0.15, 0.2) is 72.8 Å². The molecule has 0 saturated carbocycles. The quantitative estimate of drug-likeness (QED) is 0.286. The molecule has 0 aliphatic rings. The van der Waals surface area contributed by atoms with Crippen molar-refractivity contribution >= 4 is 50.7 Å². The summed E-state index contributed by atoms with van der Waals surface area (Å²) in [6, 6.07) is 20.1. The van der Waals surface area contributed by atoms with Gasteiger partial charge in [-0.15, -0.1) is 0 Å². The van der Waals surface area contributed by atoms with Gasteiger partial charge in [0.1, 0.15) is 24.9 Å². The smallest absolute Gasteiger partial charge is 0.244 e. The summed E-state index contributed by atoms with van der Waals surface area (Å²) < 4.78 is 32.4. The Morgan fingerprint density at radius 1 is 1.00 bits per heavy atom. The standard InChI is InChI=1S/C29H33Cl2N3O5S/c1-4-16-32-29(36)21(2)33(18-23-10-11-24(30)17-27(23)31)28(35)19-34(40(3,37)38)25-12-14-26(15-13-25)39-20-22-8-6-5-7-9-22/h5-15,17,21H,4,16,18-20H2,1-3H3,(H,32,36)/t21-/m1/s1. The topological polar surface area (TPSA) is 96.0 Å². The zero-order chi connectivity index (χ0) is 29.3. The fourth-order valence-corrected chi connectivity index (χ4v) is 5.19. The minimum Gasteiger partial charge on any atom is -0.489 e. The van der Waals surface area contributed by atoms with E-state index >= 15 is 0 Å². The van der Waals surface area contributed by atoms with Gasteiger partial charge in [0.15, 0.2) is 0 Å². The predicted octanol–water partition coefficient (Wildman–Crippen LogP) is 5.28. The molecule has 11 heteroatoms. The van der Waals surface area contributed by atoms with Crippen molar-refractivity contribution in [2.24, 2.45) is 0 Å². The minimum atomic E-state index is -3.86. The maximum Gasteiger partial charge on any atom is 0.244 e. The third-order valence-electron chi connectivity index (χ3n) is 6.12. The van der Waals surface area contributed by atoms with Crippen LogP contribution in [0.5, 0.6) is 5.75 Å². The molecule has 2 amide bonds. The Balaban J connectivity index is 1.83. The van der Waals surface area contributed by atoms with E-state index in [4.69, 9.17) is 27.9 Å². The monoisotopic (exact) mass is 605 g/mol. The number of rotatable bonds is 13. The first kappa shape index (κ1) is 31.3. The number of nitrogens with one attached hydrogen (secondary N) is 1. The van der Waals surface area contributed by atoms with Crippen molar-refractivity contribution in [2.75, 3.05) is 23.7 Å². The number of amides is 2. The van der Waals surface area contributed by atoms with Gasteiger partial charge in [-0.25, -0.2) is 8.42 Å². The van der Waals surface area contributed by atoms with E-state index in [1.165, 1.54) is 4.90 Å². The molecule has 0 fully saturated rings. The average molecular weight is 607 g/mol. The normalized spacial score (nSPS) is 11.9. The van der Waals surface area contributed by atoms with Crippen LogP contribution < -0.4 is 14.4 Å². The first-order valence-corrected chi connectivity index (χ1v) is 15.4. The van der Waals surface area contributed by atoms with Gasteiger partial charge in [0.05, 0.1) is 11.9 Å². The van der Waals surface area contributed by atoms with Gasteiger partial charge in [0.25, 0.3) is 0 Å². The highest BCUT2D eigenvalue weighted by molar-refractivity contribution is 7.92. The Kier molecular flexibility index (Phi) is 11.2. The maximum absolute atomic E-state index is 13.6. The van der Waals surface area contributed by atoms with Crippen LogP contribution in [-0.4, -0.2) is 50.5 Å². The summed E-state index contributed by atoms with van der Waals surface area (Å²) in [5.41, 5.74) is 1.85. The second-order valence-corrected chi connectivity index (χ2v) is 12.0. The fourth-order valence-electron chi connectivity index (χ4n) is 3.88. The minimum absolute atomic E-state index is 0.0145. The first-order valence-electron chi connectivity index (χ1n) is 12.7. The number of anilines is 1. The molecular formula is C29H33Cl2N3O5S. The highest BCUT2D eigenvalue weighted by Crippen LogP contribution is 2.25. The second kappa shape index (κ2) is 14.4. The fraction of sp³-hybridized carbons (Fsp3) is 0.310. The van der Waals surface area contributed by atoms with Gasteiger partial charge in [0, 0.05) is 23.1 Å². The molecule has 3 rings (SSSR count). The van der Waals surface area contributed by atoms with Gasteiger partial charge in [-0.1, -0.05) is 66.5 Å². The van der Waals surface area contributed by atoms with Crippen molar-refractivity contribution in [1.29, 1.82) is 0 Å². The lowest BCUT2D eigenvalue weighted by Gasteiger charge is -2.31. The molecule has 0 heterocycles. The van der Waals surface area contributed by atoms with Crippen LogP contribution in [0.4, 0.5) is 5.69 Å². The second-order valence-electron chi connectivity index (χ2n) is 9.26. The van der Waals surface area contributed by atoms with Crippen LogP contribution in [0.3, 0.4) is 0 Å². The van der Waals surface area contributed by atoms with E-state index in [0.717, 1.165) is 22.5 Å². The van der Waals surface area contributed by atoms with Crippen LogP contribution in [0.2, 0.25) is 10.0 Å². The van der Waals surface area contributed by atoms with E-state index in [0.29, 0.717) is 34.5 Å². The molecule has 0 saturated heterocycles. The molecule has 1 N–H and O–H groups in total. The molecule has 0 bridgehead atoms. The zero-order valence-corrected chi connectivity index (χ0v) is 25.0. The lowest BCUT2D eigenvalue weighted by molar-refractivity contribution is -0.139. The van der Waals surface area contributed by atoms with Crippen LogP contribution in [-0.2, 0) is 32.8 Å². The highest BCUT2D eigenvalue weighted by Gasteiger charge is 2.30. The van der Waals surface area contributed by atoms with Crippen molar-refractivity contribution in [3.8, 4) is 5.75 Å². The van der Waals surface area contributed by atoms with E-state index in [1.54, 1.807) is 49.4 Å². The number of hydrogen-bond acceptors (Lipinski definition) is 5. The van der Waals surface area contributed by atoms with Crippen molar-refractivity contribution in [2.45, 2.75) is 39.5 Å². The number of hydrogen-bond donors (Lipinski definition) is 1. The Morgan fingerprint density at radius 3 is 2.27 bits per heavy atom. The Hall–Kier alpha value is -3.27. The number of carbonyl (C=O) groups excluding carboxylic acids is 2. The number of ether oxygens (including phenoxy) is 1. The molecule has 0 aromatic heterocycles. The van der Waals surface area contributed by atoms with E-state index in [-0.39, 0.29) is 18.1 Å². The summed E-state index contributed by atoms with van der Waals surface area (Å²) in [6.45, 7) is 3.79. The van der Waals surface area contributed by atoms with Crippen LogP contribution >= 0.6 is 23.2 Å². The zero-order valence-electron chi connectivity index (χ0n) is 22.6. The molecule has 1 atom stereocenters. The van der Waals surface area contributed by atoms with Crippen LogP contribution in [0.1, 0.15) is 31.4 Å². The lowest BCUT2D eigenvalue weighted by Crippen LogP contribution is -2.51. The largest absolute Gasteiger partial charge is 0.489 e. The summed E-state index contributed by atoms with van der Waals surface area (Å²) in [4.78, 5) is 27.8. The Labute approximate surface area is 245 Å². The van der Waals surface area contributed by atoms with Gasteiger partial charge in [-0.3, -0.25) is 13.9 Å². The maximum atomic E-state index is 13.6. The third kappa shape index (κ3) is 8.87. The molecule has 0 radical (unpaired) electrons. The summed E-state index contributed by atoms with van der Waals surface area (Å²) in [5.74, 6) is -0.376. The summed E-state index contributed by atoms with van der Waals surface area (Å²) >= 11 is 12.4. The highest BCUT2D eigenvalue weighted by atomic mass is 35.5. The van der Waals surface area contributed by atoms with Crippen molar-refractivity contribution in [3.63, 3.8) is 0 Å². The van der Waals surface area contributed by atoms with Crippen molar-refractivity contribution < 1.29 is 22.7 Å². The first-order chi connectivity index (χ1) is 19.0. The van der Waals surface area contributed by atoms with Gasteiger partial charge in [0.2, 0.25) is 21.8 Å². The average Bonchev–Trinajstić information content (AvgIpc) is 2.93. The number of nitrogens with zero attached hydrogens (tertiary/aromatic N) is 2. The number of benzene rings is 3. The number of sulfonamides is 1. The van der Waals surface area contributed by atoms with Crippen LogP contribution in [0.25, 0.3) is 0 Å². The van der Waals surface area contributed by atoms with E-state index in [2.05, 4.69) is 5.32 Å². The van der Waals surface area contributed by atoms with Gasteiger partial charge in [-0.05, 0) is 60.9 Å². The predicted molar refractivity (Wildman–Crippen MR) is 159 cm³/mol. The van der Waals surface area contributed by atoms with Gasteiger partial charge < -0.3 is 15.0 Å². The SMILES string of the molecule is CCCNC(=O)[C@@H](C)N(Cc1ccc(Cl)cc1Cl)C(=O)CN(c1ccc(OCc2ccccc2)cc1)S(C)(=O)=O. The molecule has 8 nitrogen and oxygen atoms in total. The Morgan fingerprint density at radius 2 is 1.68 bits per heavy atom. The van der Waals surface area contributed by atoms with Crippen molar-refractivity contribution in [3.05, 3.63) is 94.0 Å². The van der Waals surface area contributed by atoms with E-state index in [9.17, 15) is 18.0 Å². The molecule has 0 aliphatic carbocycles. The molecule has 3 aromatic rings. The molecule has 0 spiro atoms. The molecule has 40 heavy (non-hydrogen) atoms. The molecule has 0 unspecified atom stereocenters. The summed E-state index contributed by atoms with van der Waals surface area (Å²) in [6.07, 6.45) is 1.75. The van der Waals surface area contributed by atoms with Crippen LogP contribution in [0, 0.1) is 0 Å². The number of halogens is 2. The Bertz CT molecular complexity index is 1400. The van der Waals surface area contributed by atoms with Gasteiger partial charge >= 0.3 is 0 Å². The molecule has 0 aliphatic heterocycles. The molecular weight excluding hydrogens is 573 g/mol. The molecule has 3 aromatic carbocycles. The molecule has 214 valence electrons. The lowest BCUT2D eigenvalue weighted by atomic mass is 10.1. The summed E-state index contributed by atoms with van der Waals surface area (Å²) in [7, 11) is -3.86. The third-order valence-corrected chi connectivity index (χ3v) is 7.85. The summed E-state index contributed by atoms with van der Waals surface area (Å²) in [5, 5.41) is 3.55. The van der Waals surface area contributed by atoms with Crippen molar-refractivity contribution in [1.82, 2.24) is 10.2 Å². The van der Waals surface area contributed by atoms with Gasteiger partial charge in [-0.2, -0.15) is 0 Å². The van der Waals surface area contributed by atoms with E-state index < -0.39 is 28.5 Å². The number of carbonyl (C=O) groups is 2.